The van der Waals surface area contributed by atoms with Crippen molar-refractivity contribution in [2.45, 2.75) is 18.5 Å². The molecule has 4 rings (SSSR count). The summed E-state index contributed by atoms with van der Waals surface area (Å²) in [5.74, 6) is 0.239. The van der Waals surface area contributed by atoms with Crippen LogP contribution in [-0.4, -0.2) is 51.0 Å². The number of hydrogen-bond donors (Lipinski definition) is 1. The standard InChI is InChI=1S/C20H22N2O3S/c23-20-13-21(12-11-16-7-3-1-4-8-16)18-14-26(24,25)15-19(18)22(20)17-9-5-2-6-10-17/h1-10,18-19H,11-15H2/p+1/t18-,19-/m0/s1. The Morgan fingerprint density at radius 3 is 2.31 bits per heavy atom. The maximum atomic E-state index is 12.9. The lowest BCUT2D eigenvalue weighted by molar-refractivity contribution is -0.917. The number of nitrogens with zero attached hydrogens (tertiary/aromatic N) is 1. The number of hydrogen-bond acceptors (Lipinski definition) is 3. The van der Waals surface area contributed by atoms with E-state index in [1.54, 1.807) is 4.90 Å². The van der Waals surface area contributed by atoms with Crippen LogP contribution >= 0.6 is 0 Å². The van der Waals surface area contributed by atoms with E-state index in [2.05, 4.69) is 12.1 Å². The van der Waals surface area contributed by atoms with Crippen LogP contribution in [0.5, 0.6) is 0 Å². The van der Waals surface area contributed by atoms with Crippen molar-refractivity contribution in [2.75, 3.05) is 29.5 Å². The number of rotatable bonds is 4. The third-order valence-electron chi connectivity index (χ3n) is 5.44. The fraction of sp³-hybridized carbons (Fsp3) is 0.350. The zero-order chi connectivity index (χ0) is 18.1. The van der Waals surface area contributed by atoms with E-state index >= 15 is 0 Å². The van der Waals surface area contributed by atoms with Crippen LogP contribution in [0.1, 0.15) is 5.56 Å². The summed E-state index contributed by atoms with van der Waals surface area (Å²) in [4.78, 5) is 15.7. The SMILES string of the molecule is O=C1C[NH+](CCc2ccccc2)[C@H]2CS(=O)(=O)C[C@@H]2N1c1ccccc1. The lowest BCUT2D eigenvalue weighted by Crippen LogP contribution is -3.20. The normalized spacial score (nSPS) is 27.3. The number of carbonyl (C=O) groups excluding carboxylic acids is 1. The van der Waals surface area contributed by atoms with Gasteiger partial charge in [-0.05, 0) is 17.7 Å². The van der Waals surface area contributed by atoms with E-state index in [-0.39, 0.29) is 29.5 Å². The average molecular weight is 371 g/mol. The second kappa shape index (κ2) is 6.85. The number of para-hydroxylation sites is 1. The molecule has 2 heterocycles. The van der Waals surface area contributed by atoms with Gasteiger partial charge in [-0.2, -0.15) is 0 Å². The largest absolute Gasteiger partial charge is 0.322 e. The van der Waals surface area contributed by atoms with Gasteiger partial charge in [0, 0.05) is 12.1 Å². The molecule has 2 aromatic rings. The van der Waals surface area contributed by atoms with Crippen molar-refractivity contribution < 1.29 is 18.1 Å². The van der Waals surface area contributed by atoms with Crippen molar-refractivity contribution in [3.05, 3.63) is 66.2 Å². The summed E-state index contributed by atoms with van der Waals surface area (Å²) in [7, 11) is -3.12. The van der Waals surface area contributed by atoms with Crippen LogP contribution in [0.2, 0.25) is 0 Å². The molecule has 0 aromatic heterocycles. The lowest BCUT2D eigenvalue weighted by atomic mass is 10.0. The predicted molar refractivity (Wildman–Crippen MR) is 101 cm³/mol. The fourth-order valence-corrected chi connectivity index (χ4v) is 6.26. The molecule has 5 nitrogen and oxygen atoms in total. The Balaban J connectivity index is 1.59. The van der Waals surface area contributed by atoms with Gasteiger partial charge >= 0.3 is 0 Å². The molecule has 136 valence electrons. The van der Waals surface area contributed by atoms with Gasteiger partial charge < -0.3 is 4.90 Å². The van der Waals surface area contributed by atoms with E-state index in [4.69, 9.17) is 0 Å². The summed E-state index contributed by atoms with van der Waals surface area (Å²) in [6, 6.07) is 19.3. The van der Waals surface area contributed by atoms with Crippen molar-refractivity contribution in [3.63, 3.8) is 0 Å². The highest BCUT2D eigenvalue weighted by atomic mass is 32.2. The van der Waals surface area contributed by atoms with Gasteiger partial charge in [0.1, 0.15) is 17.8 Å². The second-order valence-corrected chi connectivity index (χ2v) is 9.32. The van der Waals surface area contributed by atoms with Crippen LogP contribution in [-0.2, 0) is 21.1 Å². The molecule has 3 atom stereocenters. The number of piperazine rings is 1. The first kappa shape index (κ1) is 17.2. The fourth-order valence-electron chi connectivity index (χ4n) is 4.22. The molecule has 1 unspecified atom stereocenters. The van der Waals surface area contributed by atoms with Gasteiger partial charge in [-0.15, -0.1) is 0 Å². The van der Waals surface area contributed by atoms with Gasteiger partial charge in [-0.3, -0.25) is 9.69 Å². The molecule has 2 aliphatic rings. The van der Waals surface area contributed by atoms with Crippen molar-refractivity contribution in [2.24, 2.45) is 0 Å². The second-order valence-electron chi connectivity index (χ2n) is 7.17. The molecular formula is C20H23N2O3S+. The first-order valence-electron chi connectivity index (χ1n) is 8.99. The summed E-state index contributed by atoms with van der Waals surface area (Å²) in [5.41, 5.74) is 2.02. The maximum Gasteiger partial charge on any atom is 0.282 e. The molecule has 0 aliphatic carbocycles. The molecule has 2 saturated heterocycles. The Hall–Kier alpha value is -2.18. The smallest absolute Gasteiger partial charge is 0.282 e. The highest BCUT2D eigenvalue weighted by Gasteiger charge is 2.52. The number of anilines is 1. The first-order valence-corrected chi connectivity index (χ1v) is 10.8. The van der Waals surface area contributed by atoms with Gasteiger partial charge in [0.2, 0.25) is 0 Å². The highest BCUT2D eigenvalue weighted by molar-refractivity contribution is 7.91. The van der Waals surface area contributed by atoms with E-state index in [0.29, 0.717) is 6.54 Å². The number of carbonyl (C=O) groups is 1. The molecule has 2 aliphatic heterocycles. The summed E-state index contributed by atoms with van der Waals surface area (Å²) >= 11 is 0. The third-order valence-corrected chi connectivity index (χ3v) is 7.15. The third kappa shape index (κ3) is 3.39. The molecule has 26 heavy (non-hydrogen) atoms. The van der Waals surface area contributed by atoms with Gasteiger partial charge in [0.05, 0.1) is 12.3 Å². The molecular weight excluding hydrogens is 348 g/mol. The Kier molecular flexibility index (Phi) is 4.54. The highest BCUT2D eigenvalue weighted by Crippen LogP contribution is 2.25. The zero-order valence-corrected chi connectivity index (χ0v) is 15.4. The van der Waals surface area contributed by atoms with E-state index in [0.717, 1.165) is 23.6 Å². The molecule has 0 bridgehead atoms. The summed E-state index contributed by atoms with van der Waals surface area (Å²) in [6.07, 6.45) is 0.845. The molecule has 2 aromatic carbocycles. The summed E-state index contributed by atoms with van der Waals surface area (Å²) in [5, 5.41) is 0. The molecule has 6 heteroatoms. The van der Waals surface area contributed by atoms with Crippen molar-refractivity contribution in [3.8, 4) is 0 Å². The van der Waals surface area contributed by atoms with Crippen LogP contribution in [0.25, 0.3) is 0 Å². The summed E-state index contributed by atoms with van der Waals surface area (Å²) in [6.45, 7) is 1.12. The van der Waals surface area contributed by atoms with E-state index < -0.39 is 9.84 Å². The monoisotopic (exact) mass is 371 g/mol. The van der Waals surface area contributed by atoms with Gasteiger partial charge in [-0.1, -0.05) is 48.5 Å². The number of quaternary nitrogens is 1. The molecule has 0 spiro atoms. The molecule has 1 N–H and O–H groups in total. The summed E-state index contributed by atoms with van der Waals surface area (Å²) < 4.78 is 24.7. The van der Waals surface area contributed by atoms with Crippen LogP contribution in [0.3, 0.4) is 0 Å². The minimum absolute atomic E-state index is 0.0117. The van der Waals surface area contributed by atoms with Crippen LogP contribution in [0, 0.1) is 0 Å². The van der Waals surface area contributed by atoms with Crippen molar-refractivity contribution in [1.29, 1.82) is 0 Å². The van der Waals surface area contributed by atoms with Crippen LogP contribution in [0.15, 0.2) is 60.7 Å². The van der Waals surface area contributed by atoms with E-state index in [1.807, 2.05) is 48.5 Å². The molecule has 0 radical (unpaired) electrons. The number of sulfone groups is 1. The molecule has 2 fully saturated rings. The lowest BCUT2D eigenvalue weighted by Gasteiger charge is -2.40. The Morgan fingerprint density at radius 1 is 0.962 bits per heavy atom. The topological polar surface area (TPSA) is 58.9 Å². The maximum absolute atomic E-state index is 12.9. The number of fused-ring (bicyclic) bond motifs is 1. The van der Waals surface area contributed by atoms with E-state index in [9.17, 15) is 13.2 Å². The van der Waals surface area contributed by atoms with Crippen molar-refractivity contribution in [1.82, 2.24) is 0 Å². The Bertz CT molecular complexity index is 884. The Labute approximate surface area is 154 Å². The zero-order valence-electron chi connectivity index (χ0n) is 14.5. The average Bonchev–Trinajstić information content (AvgIpc) is 2.96. The van der Waals surface area contributed by atoms with Gasteiger partial charge in [0.25, 0.3) is 5.91 Å². The number of benzene rings is 2. The van der Waals surface area contributed by atoms with E-state index in [1.165, 1.54) is 5.56 Å². The number of amides is 1. The Morgan fingerprint density at radius 2 is 1.62 bits per heavy atom. The predicted octanol–water partition coefficient (Wildman–Crippen LogP) is 0.326. The quantitative estimate of drug-likeness (QED) is 0.843. The minimum atomic E-state index is -3.12. The molecule has 0 saturated carbocycles. The van der Waals surface area contributed by atoms with Gasteiger partial charge in [0.15, 0.2) is 16.4 Å². The molecule has 1 amide bonds. The van der Waals surface area contributed by atoms with Gasteiger partial charge in [-0.25, -0.2) is 8.42 Å². The number of nitrogens with one attached hydrogen (secondary N) is 1. The minimum Gasteiger partial charge on any atom is -0.322 e. The van der Waals surface area contributed by atoms with Crippen molar-refractivity contribution >= 4 is 21.4 Å². The van der Waals surface area contributed by atoms with Crippen LogP contribution in [0.4, 0.5) is 5.69 Å². The first-order chi connectivity index (χ1) is 12.5. The van der Waals surface area contributed by atoms with Crippen LogP contribution < -0.4 is 9.80 Å².